The molecule has 1 aromatic heterocycles. The average Bonchev–Trinajstić information content (AvgIpc) is 3.32. The lowest BCUT2D eigenvalue weighted by atomic mass is 10.0. The van der Waals surface area contributed by atoms with E-state index >= 15 is 0 Å². The normalized spacial score (nSPS) is 16.9. The van der Waals surface area contributed by atoms with Gasteiger partial charge in [0.1, 0.15) is 0 Å². The van der Waals surface area contributed by atoms with E-state index in [4.69, 9.17) is 0 Å². The fourth-order valence-corrected chi connectivity index (χ4v) is 5.62. The molecule has 162 valence electrons. The minimum atomic E-state index is -0.0254. The Morgan fingerprint density at radius 2 is 1.97 bits per heavy atom. The van der Waals surface area contributed by atoms with Crippen molar-refractivity contribution in [2.75, 3.05) is 6.54 Å². The Morgan fingerprint density at radius 3 is 2.77 bits per heavy atom. The maximum atomic E-state index is 13.0. The first-order valence-electron chi connectivity index (χ1n) is 10.9. The van der Waals surface area contributed by atoms with Crippen LogP contribution >= 0.6 is 23.1 Å². The van der Waals surface area contributed by atoms with Crippen molar-refractivity contribution in [3.63, 3.8) is 0 Å². The van der Waals surface area contributed by atoms with E-state index in [1.165, 1.54) is 30.4 Å². The first-order chi connectivity index (χ1) is 15.2. The third kappa shape index (κ3) is 5.97. The van der Waals surface area contributed by atoms with E-state index in [1.807, 2.05) is 29.8 Å². The number of amides is 1. The molecule has 2 heterocycles. The summed E-state index contributed by atoms with van der Waals surface area (Å²) in [4.78, 5) is 20.9. The molecule has 0 bridgehead atoms. The Balaban J connectivity index is 1.40. The lowest BCUT2D eigenvalue weighted by molar-refractivity contribution is 0.0947. The standard InChI is InChI=1S/C25H29N3OS2/c1-19-8-6-7-13-28(19)15-21-10-3-2-9-20(21)14-26-25(29)23-11-4-5-12-24(23)31-17-22-16-30-18-27-22/h2-5,9-12,16,18-19H,6-8,13-15,17H2,1H3,(H,26,29). The SMILES string of the molecule is CC1CCCCN1Cc1ccccc1CNC(=O)c1ccccc1SCc1cscn1. The van der Waals surface area contributed by atoms with E-state index in [1.54, 1.807) is 23.1 Å². The zero-order valence-electron chi connectivity index (χ0n) is 17.9. The zero-order valence-corrected chi connectivity index (χ0v) is 19.6. The van der Waals surface area contributed by atoms with Crippen LogP contribution in [-0.4, -0.2) is 28.4 Å². The van der Waals surface area contributed by atoms with Gasteiger partial charge in [0.25, 0.3) is 5.91 Å². The van der Waals surface area contributed by atoms with Crippen LogP contribution < -0.4 is 5.32 Å². The minimum Gasteiger partial charge on any atom is -0.348 e. The minimum absolute atomic E-state index is 0.0254. The molecule has 0 saturated carbocycles. The van der Waals surface area contributed by atoms with Gasteiger partial charge in [0.15, 0.2) is 0 Å². The fraction of sp³-hybridized carbons (Fsp3) is 0.360. The van der Waals surface area contributed by atoms with Gasteiger partial charge in [-0.1, -0.05) is 42.8 Å². The molecule has 6 heteroatoms. The van der Waals surface area contributed by atoms with E-state index in [2.05, 4.69) is 51.8 Å². The summed E-state index contributed by atoms with van der Waals surface area (Å²) < 4.78 is 0. The van der Waals surface area contributed by atoms with Gasteiger partial charge < -0.3 is 5.32 Å². The summed E-state index contributed by atoms with van der Waals surface area (Å²) in [5.74, 6) is 0.743. The quantitative estimate of drug-likeness (QED) is 0.444. The summed E-state index contributed by atoms with van der Waals surface area (Å²) in [6.45, 7) is 4.98. The number of rotatable bonds is 8. The van der Waals surface area contributed by atoms with Gasteiger partial charge in [0.2, 0.25) is 0 Å². The Kier molecular flexibility index (Phi) is 7.78. The van der Waals surface area contributed by atoms with Crippen LogP contribution in [0.1, 0.15) is 53.4 Å². The third-order valence-corrected chi connectivity index (χ3v) is 7.60. The van der Waals surface area contributed by atoms with Gasteiger partial charge in [-0.15, -0.1) is 23.1 Å². The molecule has 1 unspecified atom stereocenters. The molecule has 3 aromatic rings. The Bertz CT molecular complexity index is 990. The molecule has 1 fully saturated rings. The van der Waals surface area contributed by atoms with Crippen molar-refractivity contribution in [2.45, 2.75) is 56.0 Å². The van der Waals surface area contributed by atoms with E-state index in [0.717, 1.165) is 35.0 Å². The summed E-state index contributed by atoms with van der Waals surface area (Å²) in [6.07, 6.45) is 3.88. The number of hydrogen-bond donors (Lipinski definition) is 1. The van der Waals surface area contributed by atoms with Crippen LogP contribution in [-0.2, 0) is 18.8 Å². The van der Waals surface area contributed by atoms with Gasteiger partial charge in [0, 0.05) is 35.2 Å². The van der Waals surface area contributed by atoms with Crippen LogP contribution in [0, 0.1) is 0 Å². The molecule has 1 atom stereocenters. The van der Waals surface area contributed by atoms with Crippen LogP contribution in [0.2, 0.25) is 0 Å². The molecular formula is C25H29N3OS2. The average molecular weight is 452 g/mol. The topological polar surface area (TPSA) is 45.2 Å². The van der Waals surface area contributed by atoms with Gasteiger partial charge in [-0.25, -0.2) is 4.98 Å². The Morgan fingerprint density at radius 1 is 1.16 bits per heavy atom. The number of carbonyl (C=O) groups excluding carboxylic acids is 1. The predicted octanol–water partition coefficient (Wildman–Crippen LogP) is 5.74. The van der Waals surface area contributed by atoms with Crippen molar-refractivity contribution in [1.29, 1.82) is 0 Å². The van der Waals surface area contributed by atoms with E-state index in [0.29, 0.717) is 12.6 Å². The second-order valence-corrected chi connectivity index (χ2v) is 9.77. The molecule has 4 nitrogen and oxygen atoms in total. The molecule has 31 heavy (non-hydrogen) atoms. The molecule has 1 saturated heterocycles. The summed E-state index contributed by atoms with van der Waals surface area (Å²) in [7, 11) is 0. The smallest absolute Gasteiger partial charge is 0.252 e. The fourth-order valence-electron chi connectivity index (χ4n) is 4.01. The van der Waals surface area contributed by atoms with Crippen molar-refractivity contribution in [1.82, 2.24) is 15.2 Å². The van der Waals surface area contributed by atoms with Crippen molar-refractivity contribution >= 4 is 29.0 Å². The Hall–Kier alpha value is -2.15. The number of hydrogen-bond acceptors (Lipinski definition) is 5. The van der Waals surface area contributed by atoms with E-state index in [9.17, 15) is 4.79 Å². The molecule has 4 rings (SSSR count). The number of likely N-dealkylation sites (tertiary alicyclic amines) is 1. The van der Waals surface area contributed by atoms with E-state index in [-0.39, 0.29) is 5.91 Å². The van der Waals surface area contributed by atoms with Crippen LogP contribution in [0.4, 0.5) is 0 Å². The van der Waals surface area contributed by atoms with Crippen LogP contribution in [0.25, 0.3) is 0 Å². The molecule has 0 aliphatic carbocycles. The number of nitrogens with one attached hydrogen (secondary N) is 1. The number of aromatic nitrogens is 1. The highest BCUT2D eigenvalue weighted by Gasteiger charge is 2.19. The molecule has 1 aliphatic heterocycles. The number of benzene rings is 2. The largest absolute Gasteiger partial charge is 0.348 e. The van der Waals surface area contributed by atoms with Crippen LogP contribution in [0.3, 0.4) is 0 Å². The number of nitrogens with zero attached hydrogens (tertiary/aromatic N) is 2. The first kappa shape index (κ1) is 22.1. The second-order valence-electron chi connectivity index (χ2n) is 8.03. The lowest BCUT2D eigenvalue weighted by Gasteiger charge is -2.33. The number of piperidine rings is 1. The summed E-state index contributed by atoms with van der Waals surface area (Å²) >= 11 is 3.26. The van der Waals surface area contributed by atoms with Crippen molar-refractivity contribution < 1.29 is 4.79 Å². The molecule has 1 aliphatic rings. The zero-order chi connectivity index (χ0) is 21.5. The number of thioether (sulfide) groups is 1. The van der Waals surface area contributed by atoms with Crippen molar-refractivity contribution in [3.05, 3.63) is 81.8 Å². The molecule has 1 amide bonds. The first-order valence-corrected chi connectivity index (χ1v) is 12.8. The van der Waals surface area contributed by atoms with Gasteiger partial charge in [0.05, 0.1) is 16.8 Å². The maximum absolute atomic E-state index is 13.0. The molecule has 2 aromatic carbocycles. The third-order valence-electron chi connectivity index (χ3n) is 5.86. The molecular weight excluding hydrogens is 422 g/mol. The maximum Gasteiger partial charge on any atom is 0.252 e. The second kappa shape index (κ2) is 10.9. The Labute approximate surface area is 193 Å². The summed E-state index contributed by atoms with van der Waals surface area (Å²) in [6, 6.07) is 16.9. The van der Waals surface area contributed by atoms with Gasteiger partial charge >= 0.3 is 0 Å². The van der Waals surface area contributed by atoms with Gasteiger partial charge in [-0.2, -0.15) is 0 Å². The monoisotopic (exact) mass is 451 g/mol. The predicted molar refractivity (Wildman–Crippen MR) is 129 cm³/mol. The highest BCUT2D eigenvalue weighted by Crippen LogP contribution is 2.26. The number of carbonyl (C=O) groups is 1. The molecule has 1 N–H and O–H groups in total. The van der Waals surface area contributed by atoms with Crippen LogP contribution in [0.5, 0.6) is 0 Å². The number of thiazole rings is 1. The highest BCUT2D eigenvalue weighted by molar-refractivity contribution is 7.98. The van der Waals surface area contributed by atoms with Crippen molar-refractivity contribution in [2.24, 2.45) is 0 Å². The molecule has 0 spiro atoms. The van der Waals surface area contributed by atoms with Gasteiger partial charge in [-0.3, -0.25) is 9.69 Å². The van der Waals surface area contributed by atoms with Crippen molar-refractivity contribution in [3.8, 4) is 0 Å². The van der Waals surface area contributed by atoms with E-state index < -0.39 is 0 Å². The highest BCUT2D eigenvalue weighted by atomic mass is 32.2. The summed E-state index contributed by atoms with van der Waals surface area (Å²) in [5.41, 5.74) is 6.12. The summed E-state index contributed by atoms with van der Waals surface area (Å²) in [5, 5.41) is 5.20. The van der Waals surface area contributed by atoms with Crippen LogP contribution in [0.15, 0.2) is 64.3 Å². The van der Waals surface area contributed by atoms with Gasteiger partial charge in [-0.05, 0) is 49.6 Å². The lowest BCUT2D eigenvalue weighted by Crippen LogP contribution is -2.37. The molecule has 0 radical (unpaired) electrons.